The van der Waals surface area contributed by atoms with E-state index in [0.29, 0.717) is 37.6 Å². The Labute approximate surface area is 105 Å². The second kappa shape index (κ2) is 5.59. The number of hydrogen-bond acceptors (Lipinski definition) is 4. The summed E-state index contributed by atoms with van der Waals surface area (Å²) in [6.45, 7) is 2.27. The van der Waals surface area contributed by atoms with E-state index in [-0.39, 0.29) is 12.3 Å². The van der Waals surface area contributed by atoms with Crippen molar-refractivity contribution in [2.24, 2.45) is 5.73 Å². The molecule has 0 bridgehead atoms. The summed E-state index contributed by atoms with van der Waals surface area (Å²) in [5.41, 5.74) is 5.98. The molecule has 2 heterocycles. The summed E-state index contributed by atoms with van der Waals surface area (Å²) in [4.78, 5) is 29.0. The van der Waals surface area contributed by atoms with Gasteiger partial charge in [-0.25, -0.2) is 0 Å². The van der Waals surface area contributed by atoms with Crippen LogP contribution in [0.15, 0.2) is 18.3 Å². The lowest BCUT2D eigenvalue weighted by molar-refractivity contribution is -0.134. The van der Waals surface area contributed by atoms with Crippen LogP contribution in [0.25, 0.3) is 0 Å². The van der Waals surface area contributed by atoms with Crippen molar-refractivity contribution in [1.29, 1.82) is 0 Å². The summed E-state index contributed by atoms with van der Waals surface area (Å²) in [6, 6.07) is 3.21. The zero-order valence-corrected chi connectivity index (χ0v) is 9.96. The Morgan fingerprint density at radius 2 is 2.11 bits per heavy atom. The molecule has 0 spiro atoms. The molecule has 2 rings (SSSR count). The second-order valence-electron chi connectivity index (χ2n) is 4.03. The van der Waals surface area contributed by atoms with E-state index in [1.54, 1.807) is 23.2 Å². The minimum Gasteiger partial charge on any atom is -0.378 e. The molecular weight excluding hydrogens is 234 g/mol. The van der Waals surface area contributed by atoms with Crippen LogP contribution in [0.2, 0.25) is 0 Å². The third-order valence-corrected chi connectivity index (χ3v) is 2.84. The number of nitrogens with two attached hydrogens (primary N) is 1. The third-order valence-electron chi connectivity index (χ3n) is 2.84. The second-order valence-corrected chi connectivity index (χ2v) is 4.03. The normalized spacial score (nSPS) is 15.4. The molecule has 2 N–H and O–H groups in total. The summed E-state index contributed by atoms with van der Waals surface area (Å²) >= 11 is 0. The lowest BCUT2D eigenvalue weighted by atomic mass is 10.1. The largest absolute Gasteiger partial charge is 0.378 e. The number of rotatable bonds is 3. The van der Waals surface area contributed by atoms with Gasteiger partial charge in [0.2, 0.25) is 5.91 Å². The van der Waals surface area contributed by atoms with Gasteiger partial charge in [0.15, 0.2) is 0 Å². The summed E-state index contributed by atoms with van der Waals surface area (Å²) < 4.78 is 5.18. The average molecular weight is 249 g/mol. The van der Waals surface area contributed by atoms with Crippen LogP contribution in [0.1, 0.15) is 16.1 Å². The maximum Gasteiger partial charge on any atom is 0.250 e. The number of nitrogens with zero attached hydrogens (tertiary/aromatic N) is 2. The number of amides is 2. The first-order valence-electron chi connectivity index (χ1n) is 5.77. The lowest BCUT2D eigenvalue weighted by Crippen LogP contribution is -2.41. The number of morpholine rings is 1. The van der Waals surface area contributed by atoms with Crippen LogP contribution in [-0.4, -0.2) is 48.0 Å². The van der Waals surface area contributed by atoms with E-state index in [2.05, 4.69) is 4.98 Å². The molecule has 2 amide bonds. The Morgan fingerprint density at radius 3 is 2.78 bits per heavy atom. The summed E-state index contributed by atoms with van der Waals surface area (Å²) in [7, 11) is 0. The van der Waals surface area contributed by atoms with Crippen molar-refractivity contribution in [2.75, 3.05) is 26.3 Å². The molecule has 0 aromatic carbocycles. The highest BCUT2D eigenvalue weighted by molar-refractivity contribution is 5.95. The first kappa shape index (κ1) is 12.5. The monoisotopic (exact) mass is 249 g/mol. The van der Waals surface area contributed by atoms with Crippen molar-refractivity contribution < 1.29 is 14.3 Å². The minimum atomic E-state index is -0.562. The van der Waals surface area contributed by atoms with Crippen LogP contribution in [0.3, 0.4) is 0 Å². The Morgan fingerprint density at radius 1 is 1.39 bits per heavy atom. The van der Waals surface area contributed by atoms with Crippen LogP contribution >= 0.6 is 0 Å². The number of pyridine rings is 1. The number of hydrogen-bond donors (Lipinski definition) is 1. The molecule has 0 unspecified atom stereocenters. The van der Waals surface area contributed by atoms with Gasteiger partial charge in [0.1, 0.15) is 0 Å². The molecule has 0 atom stereocenters. The van der Waals surface area contributed by atoms with E-state index >= 15 is 0 Å². The third kappa shape index (κ3) is 2.84. The van der Waals surface area contributed by atoms with Crippen molar-refractivity contribution in [3.8, 4) is 0 Å². The van der Waals surface area contributed by atoms with Gasteiger partial charge in [0.05, 0.1) is 30.9 Å². The van der Waals surface area contributed by atoms with Crippen molar-refractivity contribution >= 4 is 11.8 Å². The van der Waals surface area contributed by atoms with Crippen molar-refractivity contribution in [3.63, 3.8) is 0 Å². The van der Waals surface area contributed by atoms with E-state index in [4.69, 9.17) is 10.5 Å². The predicted octanol–water partition coefficient (Wildman–Crippen LogP) is -0.418. The number of carbonyl (C=O) groups excluding carboxylic acids is 2. The molecule has 1 saturated heterocycles. The van der Waals surface area contributed by atoms with Gasteiger partial charge in [-0.1, -0.05) is 0 Å². The molecule has 0 saturated carbocycles. The van der Waals surface area contributed by atoms with Crippen LogP contribution in [0.5, 0.6) is 0 Å². The molecule has 1 aliphatic rings. The molecule has 1 aliphatic heterocycles. The fraction of sp³-hybridized carbons (Fsp3) is 0.417. The van der Waals surface area contributed by atoms with Gasteiger partial charge >= 0.3 is 0 Å². The highest BCUT2D eigenvalue weighted by Crippen LogP contribution is 2.08. The standard InChI is InChI=1S/C12H15N3O3/c13-12(17)9-2-1-3-14-10(9)8-11(16)15-4-6-18-7-5-15/h1-3H,4-8H2,(H2,13,17). The Bertz CT molecular complexity index is 456. The first-order valence-corrected chi connectivity index (χ1v) is 5.77. The van der Waals surface area contributed by atoms with E-state index in [0.717, 1.165) is 0 Å². The summed E-state index contributed by atoms with van der Waals surface area (Å²) in [6.07, 6.45) is 1.65. The highest BCUT2D eigenvalue weighted by Gasteiger charge is 2.19. The first-order chi connectivity index (χ1) is 8.68. The van der Waals surface area contributed by atoms with Gasteiger partial charge in [0, 0.05) is 19.3 Å². The number of carbonyl (C=O) groups is 2. The van der Waals surface area contributed by atoms with Gasteiger partial charge in [0.25, 0.3) is 5.91 Å². The van der Waals surface area contributed by atoms with Crippen LogP contribution in [0.4, 0.5) is 0 Å². The topological polar surface area (TPSA) is 85.5 Å². The molecule has 1 aromatic rings. The fourth-order valence-corrected chi connectivity index (χ4v) is 1.87. The smallest absolute Gasteiger partial charge is 0.250 e. The molecule has 6 heteroatoms. The average Bonchev–Trinajstić information content (AvgIpc) is 2.40. The summed E-state index contributed by atoms with van der Waals surface area (Å²) in [5.74, 6) is -0.618. The van der Waals surface area contributed by atoms with E-state index in [1.165, 1.54) is 0 Å². The number of aromatic nitrogens is 1. The van der Waals surface area contributed by atoms with E-state index < -0.39 is 5.91 Å². The van der Waals surface area contributed by atoms with E-state index in [1.807, 2.05) is 0 Å². The predicted molar refractivity (Wildman–Crippen MR) is 63.9 cm³/mol. The molecule has 96 valence electrons. The van der Waals surface area contributed by atoms with Crippen molar-refractivity contribution in [2.45, 2.75) is 6.42 Å². The maximum atomic E-state index is 12.0. The number of ether oxygens (including phenoxy) is 1. The molecular formula is C12H15N3O3. The maximum absolute atomic E-state index is 12.0. The van der Waals surface area contributed by atoms with Gasteiger partial charge in [-0.15, -0.1) is 0 Å². The molecule has 0 radical (unpaired) electrons. The molecule has 18 heavy (non-hydrogen) atoms. The highest BCUT2D eigenvalue weighted by atomic mass is 16.5. The van der Waals surface area contributed by atoms with Crippen LogP contribution < -0.4 is 5.73 Å². The van der Waals surface area contributed by atoms with E-state index in [9.17, 15) is 9.59 Å². The molecule has 1 fully saturated rings. The van der Waals surface area contributed by atoms with Gasteiger partial charge in [-0.3, -0.25) is 14.6 Å². The van der Waals surface area contributed by atoms with Crippen molar-refractivity contribution in [3.05, 3.63) is 29.6 Å². The fourth-order valence-electron chi connectivity index (χ4n) is 1.87. The zero-order valence-electron chi connectivity index (χ0n) is 9.96. The quantitative estimate of drug-likeness (QED) is 0.788. The Hall–Kier alpha value is -1.95. The minimum absolute atomic E-state index is 0.0560. The van der Waals surface area contributed by atoms with Gasteiger partial charge < -0.3 is 15.4 Å². The van der Waals surface area contributed by atoms with Crippen molar-refractivity contribution in [1.82, 2.24) is 9.88 Å². The zero-order chi connectivity index (χ0) is 13.0. The summed E-state index contributed by atoms with van der Waals surface area (Å²) in [5, 5.41) is 0. The van der Waals surface area contributed by atoms with Crippen LogP contribution in [0, 0.1) is 0 Å². The van der Waals surface area contributed by atoms with Crippen LogP contribution in [-0.2, 0) is 16.0 Å². The number of primary amides is 1. The molecule has 1 aromatic heterocycles. The molecule has 0 aliphatic carbocycles. The van der Waals surface area contributed by atoms with Gasteiger partial charge in [-0.2, -0.15) is 0 Å². The Kier molecular flexibility index (Phi) is 3.88. The lowest BCUT2D eigenvalue weighted by Gasteiger charge is -2.26. The Balaban J connectivity index is 2.08. The molecule has 6 nitrogen and oxygen atoms in total. The van der Waals surface area contributed by atoms with Gasteiger partial charge in [-0.05, 0) is 12.1 Å². The SMILES string of the molecule is NC(=O)c1cccnc1CC(=O)N1CCOCC1.